The summed E-state index contributed by atoms with van der Waals surface area (Å²) in [5.41, 5.74) is 3.84. The number of carbonyl (C=O) groups excluding carboxylic acids is 1. The highest BCUT2D eigenvalue weighted by Gasteiger charge is 2.31. The monoisotopic (exact) mass is 460 g/mol. The smallest absolute Gasteiger partial charge is 0.306 e. The molecule has 1 aliphatic carbocycles. The molecule has 0 radical (unpaired) electrons. The van der Waals surface area contributed by atoms with Crippen LogP contribution < -0.4 is 4.74 Å². The second-order valence-electron chi connectivity index (χ2n) is 8.14. The van der Waals surface area contributed by atoms with Crippen LogP contribution in [0.5, 0.6) is 5.75 Å². The minimum atomic E-state index is -0.812. The van der Waals surface area contributed by atoms with E-state index in [0.717, 1.165) is 27.9 Å². The van der Waals surface area contributed by atoms with E-state index in [2.05, 4.69) is 4.98 Å². The maximum atomic E-state index is 13.5. The molecule has 1 N–H and O–H groups in total. The first-order valence-electron chi connectivity index (χ1n) is 10.7. The number of carbonyl (C=O) groups is 2. The number of rotatable bonds is 5. The molecule has 0 bridgehead atoms. The minimum absolute atomic E-state index is 0.158. The predicted molar refractivity (Wildman–Crippen MR) is 125 cm³/mol. The molecule has 2 heterocycles. The van der Waals surface area contributed by atoms with Crippen molar-refractivity contribution in [3.8, 4) is 5.75 Å². The van der Waals surface area contributed by atoms with Crippen molar-refractivity contribution in [3.63, 3.8) is 0 Å². The van der Waals surface area contributed by atoms with Crippen LogP contribution in [0.15, 0.2) is 66.9 Å². The Kier molecular flexibility index (Phi) is 5.60. The number of halogens is 1. The number of carboxylic acids is 1. The molecule has 0 fully saturated rings. The number of fused-ring (bicyclic) bond motifs is 3. The Morgan fingerprint density at radius 1 is 1.12 bits per heavy atom. The van der Waals surface area contributed by atoms with Gasteiger partial charge in [-0.1, -0.05) is 17.7 Å². The van der Waals surface area contributed by atoms with Crippen molar-refractivity contribution in [2.75, 3.05) is 0 Å². The van der Waals surface area contributed by atoms with Crippen molar-refractivity contribution >= 4 is 34.4 Å². The van der Waals surface area contributed by atoms with E-state index >= 15 is 0 Å². The molecule has 2 aromatic carbocycles. The lowest BCUT2D eigenvalue weighted by Crippen LogP contribution is -2.24. The van der Waals surface area contributed by atoms with Gasteiger partial charge in [0.15, 0.2) is 0 Å². The number of carboxylic acid groups (broad SMARTS) is 1. The zero-order chi connectivity index (χ0) is 22.9. The largest absolute Gasteiger partial charge is 0.487 e. The molecule has 1 atom stereocenters. The molecule has 5 rings (SSSR count). The molecule has 0 saturated carbocycles. The van der Waals surface area contributed by atoms with E-state index in [1.54, 1.807) is 35.0 Å². The van der Waals surface area contributed by atoms with Gasteiger partial charge in [0.05, 0.1) is 17.1 Å². The van der Waals surface area contributed by atoms with E-state index in [1.165, 1.54) is 0 Å². The van der Waals surface area contributed by atoms with Crippen LogP contribution in [0.1, 0.15) is 33.7 Å². The molecule has 1 aliphatic rings. The zero-order valence-electron chi connectivity index (χ0n) is 17.7. The van der Waals surface area contributed by atoms with Gasteiger partial charge in [0.2, 0.25) is 0 Å². The maximum Gasteiger partial charge on any atom is 0.306 e. The van der Waals surface area contributed by atoms with Gasteiger partial charge in [-0.3, -0.25) is 19.1 Å². The molecular formula is C26H21ClN2O4. The van der Waals surface area contributed by atoms with E-state index in [0.29, 0.717) is 42.2 Å². The summed E-state index contributed by atoms with van der Waals surface area (Å²) >= 11 is 6.00. The molecule has 7 heteroatoms. The molecule has 33 heavy (non-hydrogen) atoms. The van der Waals surface area contributed by atoms with Crippen molar-refractivity contribution in [3.05, 3.63) is 94.4 Å². The van der Waals surface area contributed by atoms with Crippen molar-refractivity contribution in [2.45, 2.75) is 25.9 Å². The van der Waals surface area contributed by atoms with Crippen LogP contribution in [0, 0.1) is 5.92 Å². The average molecular weight is 461 g/mol. The Labute approximate surface area is 195 Å². The Morgan fingerprint density at radius 2 is 1.94 bits per heavy atom. The quantitative estimate of drug-likeness (QED) is 0.445. The summed E-state index contributed by atoms with van der Waals surface area (Å²) in [7, 11) is 0. The molecular weight excluding hydrogens is 440 g/mol. The highest BCUT2D eigenvalue weighted by Crippen LogP contribution is 2.37. The third-order valence-electron chi connectivity index (χ3n) is 6.09. The van der Waals surface area contributed by atoms with Gasteiger partial charge in [-0.05, 0) is 79.4 Å². The number of hydrogen-bond donors (Lipinski definition) is 1. The predicted octanol–water partition coefficient (Wildman–Crippen LogP) is 5.15. The number of benzene rings is 2. The minimum Gasteiger partial charge on any atom is -0.487 e. The van der Waals surface area contributed by atoms with Crippen molar-refractivity contribution in [1.29, 1.82) is 0 Å². The van der Waals surface area contributed by atoms with Crippen molar-refractivity contribution in [1.82, 2.24) is 9.55 Å². The molecule has 0 saturated heterocycles. The van der Waals surface area contributed by atoms with E-state index in [-0.39, 0.29) is 5.91 Å². The van der Waals surface area contributed by atoms with Gasteiger partial charge in [-0.25, -0.2) is 0 Å². The van der Waals surface area contributed by atoms with Gasteiger partial charge < -0.3 is 9.84 Å². The average Bonchev–Trinajstić information content (AvgIpc) is 3.16. The van der Waals surface area contributed by atoms with Crippen LogP contribution in [-0.2, 0) is 24.2 Å². The summed E-state index contributed by atoms with van der Waals surface area (Å²) in [6.07, 6.45) is 3.11. The van der Waals surface area contributed by atoms with E-state index in [1.807, 2.05) is 36.4 Å². The lowest BCUT2D eigenvalue weighted by atomic mass is 9.86. The Balaban J connectivity index is 1.57. The fourth-order valence-electron chi connectivity index (χ4n) is 4.43. The lowest BCUT2D eigenvalue weighted by molar-refractivity contribution is -0.142. The number of aliphatic carboxylic acids is 1. The van der Waals surface area contributed by atoms with Gasteiger partial charge in [0.25, 0.3) is 5.91 Å². The molecule has 0 amide bonds. The molecule has 2 aromatic heterocycles. The number of pyridine rings is 1. The maximum absolute atomic E-state index is 13.5. The van der Waals surface area contributed by atoms with Crippen LogP contribution in [0.3, 0.4) is 0 Å². The van der Waals surface area contributed by atoms with Crippen LogP contribution in [0.25, 0.3) is 10.9 Å². The summed E-state index contributed by atoms with van der Waals surface area (Å²) in [5.74, 6) is -0.799. The van der Waals surface area contributed by atoms with Gasteiger partial charge in [0, 0.05) is 27.9 Å². The standard InChI is InChI=1S/C26H21ClN2O4/c27-18-7-4-16(5-8-18)25(30)29-23-10-6-17(26(31)32)13-21(23)22-14-20(9-11-24(22)29)33-15-19-3-1-2-12-28-19/h1-5,7-9,11-12,14,17H,6,10,13,15H2,(H,31,32). The molecule has 0 spiro atoms. The van der Waals surface area contributed by atoms with Crippen LogP contribution in [0.2, 0.25) is 5.02 Å². The summed E-state index contributed by atoms with van der Waals surface area (Å²) in [5, 5.41) is 11.0. The van der Waals surface area contributed by atoms with Gasteiger partial charge in [-0.15, -0.1) is 0 Å². The zero-order valence-corrected chi connectivity index (χ0v) is 18.5. The fourth-order valence-corrected chi connectivity index (χ4v) is 4.56. The summed E-state index contributed by atoms with van der Waals surface area (Å²) < 4.78 is 7.66. The third-order valence-corrected chi connectivity index (χ3v) is 6.34. The first-order chi connectivity index (χ1) is 16.0. The number of nitrogens with zero attached hydrogens (tertiary/aromatic N) is 2. The Hall–Kier alpha value is -3.64. The topological polar surface area (TPSA) is 81.4 Å². The number of ether oxygens (including phenoxy) is 1. The van der Waals surface area contributed by atoms with Gasteiger partial charge >= 0.3 is 5.97 Å². The SMILES string of the molecule is O=C(O)C1CCc2c(c3cc(OCc4ccccn4)ccc3n2C(=O)c2ccc(Cl)cc2)C1. The summed E-state index contributed by atoms with van der Waals surface area (Å²) in [4.78, 5) is 29.5. The fraction of sp³-hybridized carbons (Fsp3) is 0.192. The van der Waals surface area contributed by atoms with Crippen LogP contribution in [-0.4, -0.2) is 26.5 Å². The molecule has 1 unspecified atom stereocenters. The van der Waals surface area contributed by atoms with Crippen LogP contribution in [0.4, 0.5) is 0 Å². The second kappa shape index (κ2) is 8.71. The molecule has 166 valence electrons. The lowest BCUT2D eigenvalue weighted by Gasteiger charge is -2.20. The van der Waals surface area contributed by atoms with E-state index < -0.39 is 11.9 Å². The molecule has 0 aliphatic heterocycles. The van der Waals surface area contributed by atoms with Crippen molar-refractivity contribution in [2.24, 2.45) is 5.92 Å². The second-order valence-corrected chi connectivity index (χ2v) is 8.58. The van der Waals surface area contributed by atoms with Crippen LogP contribution >= 0.6 is 11.6 Å². The highest BCUT2D eigenvalue weighted by molar-refractivity contribution is 6.30. The number of hydrogen-bond acceptors (Lipinski definition) is 4. The molecule has 6 nitrogen and oxygen atoms in total. The normalized spacial score (nSPS) is 15.2. The first-order valence-corrected chi connectivity index (χ1v) is 11.1. The highest BCUT2D eigenvalue weighted by atomic mass is 35.5. The first kappa shape index (κ1) is 21.2. The van der Waals surface area contributed by atoms with Crippen molar-refractivity contribution < 1.29 is 19.4 Å². The number of aromatic nitrogens is 2. The van der Waals surface area contributed by atoms with Gasteiger partial charge in [-0.2, -0.15) is 0 Å². The van der Waals surface area contributed by atoms with Gasteiger partial charge in [0.1, 0.15) is 12.4 Å². The third kappa shape index (κ3) is 4.10. The Bertz CT molecular complexity index is 1350. The van der Waals surface area contributed by atoms with E-state index in [4.69, 9.17) is 16.3 Å². The summed E-state index contributed by atoms with van der Waals surface area (Å²) in [6.45, 7) is 0.316. The Morgan fingerprint density at radius 3 is 2.67 bits per heavy atom. The van der Waals surface area contributed by atoms with E-state index in [9.17, 15) is 14.7 Å². The molecule has 4 aromatic rings. The summed E-state index contributed by atoms with van der Waals surface area (Å²) in [6, 6.07) is 18.0.